The number of rotatable bonds is 32. The highest BCUT2D eigenvalue weighted by molar-refractivity contribution is 5.91. The minimum absolute atomic E-state index is 0.0274. The minimum atomic E-state index is -0.389. The number of unbranched alkanes of at least 4 members (excludes halogenated alkanes) is 15. The molecule has 0 bridgehead atoms. The van der Waals surface area contributed by atoms with Crippen molar-refractivity contribution in [3.63, 3.8) is 0 Å². The second-order valence-corrected chi connectivity index (χ2v) is 24.7. The van der Waals surface area contributed by atoms with Crippen LogP contribution in [0.2, 0.25) is 0 Å². The molecular formula is C68H100O6. The van der Waals surface area contributed by atoms with Crippen LogP contribution in [0, 0.1) is 46.3 Å². The Kier molecular flexibility index (Phi) is 22.9. The van der Waals surface area contributed by atoms with Crippen molar-refractivity contribution >= 4 is 11.9 Å². The van der Waals surface area contributed by atoms with Crippen molar-refractivity contribution < 1.29 is 28.5 Å². The Bertz CT molecular complexity index is 2140. The van der Waals surface area contributed by atoms with Crippen LogP contribution in [0.3, 0.4) is 0 Å². The second kappa shape index (κ2) is 29.5. The number of carbonyl (C=O) groups is 2. The van der Waals surface area contributed by atoms with E-state index in [1.165, 1.54) is 135 Å². The highest BCUT2D eigenvalue weighted by Gasteiger charge is 2.59. The molecule has 3 aromatic carbocycles. The van der Waals surface area contributed by atoms with Crippen LogP contribution in [0.4, 0.5) is 0 Å². The van der Waals surface area contributed by atoms with E-state index >= 15 is 0 Å². The quantitative estimate of drug-likeness (QED) is 0.0269. The molecule has 0 N–H and O–H groups in total. The summed E-state index contributed by atoms with van der Waals surface area (Å²) < 4.78 is 23.9. The zero-order chi connectivity index (χ0) is 52.2. The Morgan fingerprint density at radius 2 is 1.14 bits per heavy atom. The lowest BCUT2D eigenvalue weighted by Crippen LogP contribution is -2.51. The van der Waals surface area contributed by atoms with Crippen molar-refractivity contribution in [3.05, 3.63) is 90.0 Å². The summed E-state index contributed by atoms with van der Waals surface area (Å²) in [4.78, 5) is 26.0. The van der Waals surface area contributed by atoms with Crippen LogP contribution in [0.1, 0.15) is 238 Å². The molecule has 408 valence electrons. The highest BCUT2D eigenvalue weighted by Crippen LogP contribution is 2.67. The topological polar surface area (TPSA) is 71.1 Å². The molecule has 3 fully saturated rings. The van der Waals surface area contributed by atoms with E-state index in [2.05, 4.69) is 59.8 Å². The maximum atomic E-state index is 13.1. The van der Waals surface area contributed by atoms with Gasteiger partial charge in [-0.15, -0.1) is 0 Å². The van der Waals surface area contributed by atoms with E-state index in [1.807, 2.05) is 48.5 Å². The monoisotopic (exact) mass is 1010 g/mol. The molecule has 4 aliphatic carbocycles. The van der Waals surface area contributed by atoms with Crippen LogP contribution in [0.15, 0.2) is 84.4 Å². The van der Waals surface area contributed by atoms with Gasteiger partial charge in [-0.3, -0.25) is 4.79 Å². The largest absolute Gasteiger partial charge is 0.494 e. The molecule has 0 unspecified atom stereocenters. The Labute approximate surface area is 450 Å². The summed E-state index contributed by atoms with van der Waals surface area (Å²) in [6.45, 7) is 16.2. The molecule has 74 heavy (non-hydrogen) atoms. The van der Waals surface area contributed by atoms with Gasteiger partial charge in [-0.05, 0) is 177 Å². The van der Waals surface area contributed by atoms with Crippen molar-refractivity contribution in [3.8, 4) is 28.4 Å². The lowest BCUT2D eigenvalue weighted by atomic mass is 9.47. The van der Waals surface area contributed by atoms with E-state index in [4.69, 9.17) is 18.9 Å². The van der Waals surface area contributed by atoms with Crippen LogP contribution in [0.5, 0.6) is 17.2 Å². The molecule has 3 saturated carbocycles. The van der Waals surface area contributed by atoms with Gasteiger partial charge in [-0.2, -0.15) is 0 Å². The Hall–Kier alpha value is -4.06. The van der Waals surface area contributed by atoms with Crippen molar-refractivity contribution in [2.75, 3.05) is 13.2 Å². The van der Waals surface area contributed by atoms with Crippen LogP contribution in [-0.4, -0.2) is 31.3 Å². The lowest BCUT2D eigenvalue weighted by molar-refractivity contribution is -0.151. The number of hydrogen-bond donors (Lipinski definition) is 0. The van der Waals surface area contributed by atoms with Crippen molar-refractivity contribution in [2.45, 2.75) is 234 Å². The Morgan fingerprint density at radius 3 is 1.73 bits per heavy atom. The first-order valence-electron chi connectivity index (χ1n) is 30.6. The van der Waals surface area contributed by atoms with Gasteiger partial charge in [0.15, 0.2) is 0 Å². The molecule has 0 amide bonds. The first-order valence-corrected chi connectivity index (χ1v) is 30.6. The van der Waals surface area contributed by atoms with E-state index in [9.17, 15) is 9.59 Å². The van der Waals surface area contributed by atoms with Gasteiger partial charge in [0.25, 0.3) is 0 Å². The van der Waals surface area contributed by atoms with Gasteiger partial charge in [-0.25, -0.2) is 4.79 Å². The zero-order valence-corrected chi connectivity index (χ0v) is 47.4. The van der Waals surface area contributed by atoms with Gasteiger partial charge in [0.05, 0.1) is 18.8 Å². The molecule has 0 saturated heterocycles. The summed E-state index contributed by atoms with van der Waals surface area (Å²) in [5.74, 6) is 6.72. The molecule has 7 rings (SSSR count). The maximum absolute atomic E-state index is 13.1. The number of allylic oxidation sites excluding steroid dienone is 1. The van der Waals surface area contributed by atoms with Crippen molar-refractivity contribution in [2.24, 2.45) is 46.3 Å². The van der Waals surface area contributed by atoms with Crippen LogP contribution in [-0.2, 0) is 9.53 Å². The minimum Gasteiger partial charge on any atom is -0.494 e. The van der Waals surface area contributed by atoms with Gasteiger partial charge in [0.2, 0.25) is 0 Å². The summed E-state index contributed by atoms with van der Waals surface area (Å²) in [7, 11) is 0. The third-order valence-corrected chi connectivity index (χ3v) is 19.0. The summed E-state index contributed by atoms with van der Waals surface area (Å²) in [5.41, 5.74) is 4.96. The van der Waals surface area contributed by atoms with Crippen molar-refractivity contribution in [1.29, 1.82) is 0 Å². The van der Waals surface area contributed by atoms with Gasteiger partial charge in [0, 0.05) is 12.8 Å². The number of ether oxygens (including phenoxy) is 4. The van der Waals surface area contributed by atoms with Crippen LogP contribution < -0.4 is 14.2 Å². The predicted molar refractivity (Wildman–Crippen MR) is 306 cm³/mol. The Balaban J connectivity index is 0.722. The molecule has 6 heteroatoms. The van der Waals surface area contributed by atoms with Crippen molar-refractivity contribution in [1.82, 2.24) is 0 Å². The SMILES string of the molecule is CCCCCCCCCCCCCCCCOc1ccc(C(=O)Oc2ccc(-c3ccc(OCCCCCC(=O)O[C@H]4CC[C@@]5(C)C(=CC[C@H]6[C@@H]7CC[C@H]([C@H](C)CCCC(C)C)[C@@]7(C)CC[C@@H]65)C4)cc3)cc2)cc1. The van der Waals surface area contributed by atoms with Crippen LogP contribution >= 0.6 is 0 Å². The normalized spacial score (nSPS) is 24.6. The molecule has 0 spiro atoms. The van der Waals surface area contributed by atoms with Crippen LogP contribution in [0.25, 0.3) is 11.1 Å². The predicted octanol–water partition coefficient (Wildman–Crippen LogP) is 19.3. The molecule has 6 nitrogen and oxygen atoms in total. The summed E-state index contributed by atoms with van der Waals surface area (Å²) in [6.07, 6.45) is 38.7. The van der Waals surface area contributed by atoms with Gasteiger partial charge in [-0.1, -0.05) is 180 Å². The van der Waals surface area contributed by atoms with Gasteiger partial charge < -0.3 is 18.9 Å². The molecule has 0 radical (unpaired) electrons. The molecule has 0 aliphatic heterocycles. The lowest BCUT2D eigenvalue weighted by Gasteiger charge is -2.58. The fourth-order valence-corrected chi connectivity index (χ4v) is 14.5. The maximum Gasteiger partial charge on any atom is 0.343 e. The first-order chi connectivity index (χ1) is 36.0. The fraction of sp³-hybridized carbons (Fsp3) is 0.676. The zero-order valence-electron chi connectivity index (χ0n) is 47.4. The average Bonchev–Trinajstić information content (AvgIpc) is 3.78. The number of fused-ring (bicyclic) bond motifs is 5. The standard InChI is InChI=1S/C68H100O6/c1-7-8-9-10-11-12-13-14-15-16-17-18-19-22-48-71-58-37-32-55(33-38-58)66(70)74-59-39-30-54(31-40-59)53-28-35-57(36-29-53)72-49-23-20-21-27-65(69)73-60-44-46-67(5)56(50-60)34-41-61-63-43-42-62(52(4)26-24-25-51(2)3)68(63,6)47-45-64(61)67/h28-40,51-52,60-64H,7-27,41-50H2,1-6H3/t52-,60+,61+,62-,63+,64+,67+,68-/m1/s1. The second-order valence-electron chi connectivity index (χ2n) is 24.7. The third kappa shape index (κ3) is 16.5. The highest BCUT2D eigenvalue weighted by atomic mass is 16.5. The van der Waals surface area contributed by atoms with E-state index in [1.54, 1.807) is 17.7 Å². The summed E-state index contributed by atoms with van der Waals surface area (Å²) in [5, 5.41) is 0. The average molecular weight is 1010 g/mol. The number of benzene rings is 3. The molecule has 4 aliphatic rings. The van der Waals surface area contributed by atoms with Gasteiger partial charge in [0.1, 0.15) is 23.4 Å². The first kappa shape index (κ1) is 57.6. The molecule has 0 heterocycles. The summed E-state index contributed by atoms with van der Waals surface area (Å²) >= 11 is 0. The van der Waals surface area contributed by atoms with E-state index < -0.39 is 0 Å². The smallest absolute Gasteiger partial charge is 0.343 e. The molecule has 0 aromatic heterocycles. The number of hydrogen-bond acceptors (Lipinski definition) is 6. The fourth-order valence-electron chi connectivity index (χ4n) is 14.5. The molecule has 8 atom stereocenters. The molecule has 3 aromatic rings. The number of carbonyl (C=O) groups excluding carboxylic acids is 2. The van der Waals surface area contributed by atoms with E-state index in [-0.39, 0.29) is 23.5 Å². The third-order valence-electron chi connectivity index (χ3n) is 19.0. The number of esters is 2. The summed E-state index contributed by atoms with van der Waals surface area (Å²) in [6, 6.07) is 22.9. The van der Waals surface area contributed by atoms with Gasteiger partial charge >= 0.3 is 11.9 Å². The van der Waals surface area contributed by atoms with E-state index in [0.717, 1.165) is 103 Å². The Morgan fingerprint density at radius 1 is 0.581 bits per heavy atom. The molecular weight excluding hydrogens is 913 g/mol. The van der Waals surface area contributed by atoms with E-state index in [0.29, 0.717) is 36.4 Å².